The van der Waals surface area contributed by atoms with E-state index in [0.29, 0.717) is 6.42 Å². The number of rotatable bonds is 8. The number of H-pyrrole nitrogens is 1. The van der Waals surface area contributed by atoms with Gasteiger partial charge in [-0.2, -0.15) is 0 Å². The van der Waals surface area contributed by atoms with Crippen LogP contribution in [0.15, 0.2) is 36.5 Å². The summed E-state index contributed by atoms with van der Waals surface area (Å²) in [7, 11) is 0. The van der Waals surface area contributed by atoms with Crippen molar-refractivity contribution < 1.29 is 4.79 Å². The van der Waals surface area contributed by atoms with Gasteiger partial charge in [-0.15, -0.1) is 0 Å². The maximum atomic E-state index is 12.0. The molecule has 2 heteroatoms. The van der Waals surface area contributed by atoms with Crippen LogP contribution in [0.1, 0.15) is 57.9 Å². The van der Waals surface area contributed by atoms with Gasteiger partial charge in [0.2, 0.25) is 0 Å². The Balaban J connectivity index is 1.95. The lowest BCUT2D eigenvalue weighted by molar-refractivity contribution is -0.114. The van der Waals surface area contributed by atoms with E-state index in [-0.39, 0.29) is 5.78 Å². The van der Waals surface area contributed by atoms with Gasteiger partial charge in [-0.05, 0) is 31.1 Å². The van der Waals surface area contributed by atoms with Crippen molar-refractivity contribution in [3.63, 3.8) is 0 Å². The Hall–Kier alpha value is -1.83. The summed E-state index contributed by atoms with van der Waals surface area (Å²) in [5.41, 5.74) is 3.29. The first-order valence-corrected chi connectivity index (χ1v) is 8.00. The van der Waals surface area contributed by atoms with Crippen molar-refractivity contribution in [2.75, 3.05) is 0 Å². The molecule has 0 bridgehead atoms. The molecule has 2 nitrogen and oxygen atoms in total. The number of aromatic nitrogens is 1. The number of fused-ring (bicyclic) bond motifs is 1. The number of para-hydroxylation sites is 1. The van der Waals surface area contributed by atoms with E-state index in [1.54, 1.807) is 6.08 Å². The topological polar surface area (TPSA) is 32.9 Å². The van der Waals surface area contributed by atoms with Crippen molar-refractivity contribution in [2.24, 2.45) is 0 Å². The van der Waals surface area contributed by atoms with Crippen LogP contribution in [-0.2, 0) is 4.79 Å². The number of allylic oxidation sites excluding steroid dienone is 2. The van der Waals surface area contributed by atoms with E-state index >= 15 is 0 Å². The van der Waals surface area contributed by atoms with Crippen LogP contribution >= 0.6 is 0 Å². The standard InChI is InChI=1S/C19H25NO/c1-3-4-5-6-7-10-16(21)13-15(2)18-14-20-19-12-9-8-11-17(18)19/h8-9,11-14,20H,3-7,10H2,1-2H3/b15-13+. The Bertz CT molecular complexity index is 621. The second-order valence-electron chi connectivity index (χ2n) is 5.71. The van der Waals surface area contributed by atoms with Gasteiger partial charge in [0.1, 0.15) is 0 Å². The van der Waals surface area contributed by atoms with Crippen LogP contribution in [0.25, 0.3) is 16.5 Å². The first-order chi connectivity index (χ1) is 10.2. The minimum Gasteiger partial charge on any atom is -0.361 e. The first-order valence-electron chi connectivity index (χ1n) is 8.00. The Kier molecular flexibility index (Phi) is 5.79. The number of benzene rings is 1. The summed E-state index contributed by atoms with van der Waals surface area (Å²) >= 11 is 0. The summed E-state index contributed by atoms with van der Waals surface area (Å²) in [6, 6.07) is 8.20. The lowest BCUT2D eigenvalue weighted by Crippen LogP contribution is -1.94. The zero-order valence-electron chi connectivity index (χ0n) is 13.1. The van der Waals surface area contributed by atoms with E-state index in [4.69, 9.17) is 0 Å². The highest BCUT2D eigenvalue weighted by atomic mass is 16.1. The van der Waals surface area contributed by atoms with Crippen LogP contribution in [0.3, 0.4) is 0 Å². The molecule has 0 aliphatic rings. The molecule has 0 fully saturated rings. The zero-order chi connectivity index (χ0) is 15.1. The summed E-state index contributed by atoms with van der Waals surface area (Å²) in [5.74, 6) is 0.245. The van der Waals surface area contributed by atoms with E-state index in [1.165, 1.54) is 31.1 Å². The summed E-state index contributed by atoms with van der Waals surface area (Å²) < 4.78 is 0. The summed E-state index contributed by atoms with van der Waals surface area (Å²) in [5, 5.41) is 1.18. The number of nitrogens with one attached hydrogen (secondary N) is 1. The number of unbranched alkanes of at least 4 members (excludes halogenated alkanes) is 4. The van der Waals surface area contributed by atoms with Gasteiger partial charge in [-0.1, -0.05) is 50.8 Å². The molecule has 1 aromatic carbocycles. The zero-order valence-corrected chi connectivity index (χ0v) is 13.1. The highest BCUT2D eigenvalue weighted by Crippen LogP contribution is 2.24. The molecule has 112 valence electrons. The van der Waals surface area contributed by atoms with Gasteiger partial charge in [-0.25, -0.2) is 0 Å². The molecule has 2 aromatic rings. The van der Waals surface area contributed by atoms with E-state index in [2.05, 4.69) is 24.0 Å². The van der Waals surface area contributed by atoms with Crippen molar-refractivity contribution in [3.05, 3.63) is 42.1 Å². The minimum absolute atomic E-state index is 0.245. The van der Waals surface area contributed by atoms with E-state index in [9.17, 15) is 4.79 Å². The number of carbonyl (C=O) groups excluding carboxylic acids is 1. The van der Waals surface area contributed by atoms with Crippen molar-refractivity contribution in [2.45, 2.75) is 52.4 Å². The predicted molar refractivity (Wildman–Crippen MR) is 90.3 cm³/mol. The lowest BCUT2D eigenvalue weighted by Gasteiger charge is -2.01. The van der Waals surface area contributed by atoms with Crippen LogP contribution in [0.2, 0.25) is 0 Å². The van der Waals surface area contributed by atoms with Gasteiger partial charge >= 0.3 is 0 Å². The van der Waals surface area contributed by atoms with Gasteiger partial charge in [0.05, 0.1) is 0 Å². The first kappa shape index (κ1) is 15.6. The van der Waals surface area contributed by atoms with Gasteiger partial charge in [-0.3, -0.25) is 4.79 Å². The molecular formula is C19H25NO. The van der Waals surface area contributed by atoms with Gasteiger partial charge in [0.25, 0.3) is 0 Å². The molecule has 0 radical (unpaired) electrons. The summed E-state index contributed by atoms with van der Waals surface area (Å²) in [4.78, 5) is 15.3. The maximum Gasteiger partial charge on any atom is 0.155 e. The number of aromatic amines is 1. The quantitative estimate of drug-likeness (QED) is 0.503. The highest BCUT2D eigenvalue weighted by molar-refractivity contribution is 6.00. The SMILES string of the molecule is CCCCCCCC(=O)/C=C(\C)c1c[nH]c2ccccc12. The molecule has 0 unspecified atom stereocenters. The van der Waals surface area contributed by atoms with Crippen LogP contribution in [0, 0.1) is 0 Å². The molecule has 0 saturated heterocycles. The van der Waals surface area contributed by atoms with E-state index in [0.717, 1.165) is 23.1 Å². The monoisotopic (exact) mass is 283 g/mol. The van der Waals surface area contributed by atoms with Crippen molar-refractivity contribution in [1.29, 1.82) is 0 Å². The Morgan fingerprint density at radius 1 is 1.14 bits per heavy atom. The van der Waals surface area contributed by atoms with Crippen LogP contribution < -0.4 is 0 Å². The molecule has 1 aromatic heterocycles. The van der Waals surface area contributed by atoms with Gasteiger partial charge < -0.3 is 4.98 Å². The fourth-order valence-electron chi connectivity index (χ4n) is 2.69. The van der Waals surface area contributed by atoms with Crippen LogP contribution in [0.5, 0.6) is 0 Å². The second kappa shape index (κ2) is 7.82. The van der Waals surface area contributed by atoms with Crippen molar-refractivity contribution in [1.82, 2.24) is 4.98 Å². The normalized spacial score (nSPS) is 12.0. The van der Waals surface area contributed by atoms with Gasteiger partial charge in [0, 0.05) is 29.1 Å². The molecule has 1 N–H and O–H groups in total. The molecule has 0 amide bonds. The fourth-order valence-corrected chi connectivity index (χ4v) is 2.69. The average Bonchev–Trinajstić information content (AvgIpc) is 2.91. The largest absolute Gasteiger partial charge is 0.361 e. The molecule has 0 saturated carbocycles. The molecule has 1 heterocycles. The smallest absolute Gasteiger partial charge is 0.155 e. The number of hydrogen-bond acceptors (Lipinski definition) is 1. The molecule has 2 rings (SSSR count). The molecular weight excluding hydrogens is 258 g/mol. The third-order valence-corrected chi connectivity index (χ3v) is 3.92. The third kappa shape index (κ3) is 4.32. The molecule has 0 aliphatic carbocycles. The molecule has 21 heavy (non-hydrogen) atoms. The molecule has 0 spiro atoms. The Morgan fingerprint density at radius 2 is 1.90 bits per heavy atom. The minimum atomic E-state index is 0.245. The molecule has 0 atom stereocenters. The summed E-state index contributed by atoms with van der Waals surface area (Å²) in [6.07, 6.45) is 10.4. The molecule has 0 aliphatic heterocycles. The maximum absolute atomic E-state index is 12.0. The summed E-state index contributed by atoms with van der Waals surface area (Å²) in [6.45, 7) is 4.23. The van der Waals surface area contributed by atoms with Crippen molar-refractivity contribution in [3.8, 4) is 0 Å². The second-order valence-corrected chi connectivity index (χ2v) is 5.71. The fraction of sp³-hybridized carbons (Fsp3) is 0.421. The number of hydrogen-bond donors (Lipinski definition) is 1. The lowest BCUT2D eigenvalue weighted by atomic mass is 10.0. The Morgan fingerprint density at radius 3 is 2.71 bits per heavy atom. The highest BCUT2D eigenvalue weighted by Gasteiger charge is 2.06. The van der Waals surface area contributed by atoms with E-state index in [1.807, 2.05) is 25.3 Å². The Labute approximate surface area is 127 Å². The van der Waals surface area contributed by atoms with Crippen LogP contribution in [-0.4, -0.2) is 10.8 Å². The average molecular weight is 283 g/mol. The predicted octanol–water partition coefficient (Wildman–Crippen LogP) is 5.50. The number of ketones is 1. The third-order valence-electron chi connectivity index (χ3n) is 3.92. The van der Waals surface area contributed by atoms with Crippen molar-refractivity contribution >= 4 is 22.3 Å². The van der Waals surface area contributed by atoms with E-state index < -0.39 is 0 Å². The number of carbonyl (C=O) groups is 1. The van der Waals surface area contributed by atoms with Crippen LogP contribution in [0.4, 0.5) is 0 Å². The van der Waals surface area contributed by atoms with Gasteiger partial charge in [0.15, 0.2) is 5.78 Å².